The van der Waals surface area contributed by atoms with Crippen LogP contribution < -0.4 is 16.1 Å². The van der Waals surface area contributed by atoms with Crippen molar-refractivity contribution in [2.75, 3.05) is 19.7 Å². The van der Waals surface area contributed by atoms with Gasteiger partial charge in [-0.05, 0) is 42.9 Å². The Balaban J connectivity index is 1.91. The zero-order chi connectivity index (χ0) is 28.1. The smallest absolute Gasteiger partial charge is 0.331 e. The minimum absolute atomic E-state index is 0.0368. The molecule has 2 rings (SSSR count). The Morgan fingerprint density at radius 1 is 1.18 bits per heavy atom. The molecule has 2 atom stereocenters. The number of carbonyl (C=O) groups is 5. The molecule has 1 aliphatic heterocycles. The number of nitrogens with zero attached hydrogens (tertiary/aromatic N) is 2. The lowest BCUT2D eigenvalue weighted by Gasteiger charge is -2.36. The van der Waals surface area contributed by atoms with Crippen molar-refractivity contribution in [2.45, 2.75) is 65.5 Å². The molecule has 0 saturated carbocycles. The molecule has 1 aliphatic rings. The van der Waals surface area contributed by atoms with Crippen molar-refractivity contribution in [3.05, 3.63) is 36.2 Å². The lowest BCUT2D eigenvalue weighted by molar-refractivity contribution is -0.148. The highest BCUT2D eigenvalue weighted by molar-refractivity contribution is 5.95. The Hall–Kier alpha value is -3.60. The predicted octanol–water partition coefficient (Wildman–Crippen LogP) is 1.40. The quantitative estimate of drug-likeness (QED) is 0.257. The summed E-state index contributed by atoms with van der Waals surface area (Å²) in [6, 6.07) is 3.54. The van der Waals surface area contributed by atoms with E-state index in [-0.39, 0.29) is 36.6 Å². The van der Waals surface area contributed by atoms with E-state index in [2.05, 4.69) is 21.0 Å². The predicted molar refractivity (Wildman–Crippen MR) is 141 cm³/mol. The maximum Gasteiger partial charge on any atom is 0.331 e. The van der Waals surface area contributed by atoms with Crippen LogP contribution in [0.4, 0.5) is 0 Å². The van der Waals surface area contributed by atoms with Crippen molar-refractivity contribution in [2.24, 2.45) is 11.8 Å². The van der Waals surface area contributed by atoms with Gasteiger partial charge in [-0.1, -0.05) is 33.8 Å². The lowest BCUT2D eigenvalue weighted by Crippen LogP contribution is -2.61. The first-order chi connectivity index (χ1) is 18.1. The number of esters is 1. The van der Waals surface area contributed by atoms with Crippen LogP contribution >= 0.6 is 0 Å². The van der Waals surface area contributed by atoms with Crippen LogP contribution in [0, 0.1) is 11.8 Å². The molecule has 2 heterocycles. The van der Waals surface area contributed by atoms with E-state index in [4.69, 9.17) is 4.74 Å². The molecule has 11 nitrogen and oxygen atoms in total. The van der Waals surface area contributed by atoms with Crippen LogP contribution in [-0.4, -0.2) is 71.2 Å². The van der Waals surface area contributed by atoms with E-state index in [1.807, 2.05) is 13.8 Å². The van der Waals surface area contributed by atoms with Gasteiger partial charge in [0.25, 0.3) is 0 Å². The highest BCUT2D eigenvalue weighted by Crippen LogP contribution is 2.14. The second-order valence-corrected chi connectivity index (χ2v) is 9.92. The first-order valence-electron chi connectivity index (χ1n) is 13.0. The first-order valence-corrected chi connectivity index (χ1v) is 13.0. The molecule has 38 heavy (non-hydrogen) atoms. The molecule has 0 aromatic carbocycles. The Morgan fingerprint density at radius 2 is 1.95 bits per heavy atom. The number of ketones is 1. The van der Waals surface area contributed by atoms with Gasteiger partial charge in [0.15, 0.2) is 12.4 Å². The number of nitrogens with one attached hydrogen (secondary N) is 3. The van der Waals surface area contributed by atoms with Crippen LogP contribution in [0.1, 0.15) is 59.1 Å². The van der Waals surface area contributed by atoms with Crippen LogP contribution in [0.3, 0.4) is 0 Å². The number of ether oxygens (including phenoxy) is 1. The van der Waals surface area contributed by atoms with Crippen LogP contribution in [0.2, 0.25) is 0 Å². The van der Waals surface area contributed by atoms with Crippen LogP contribution in [0.25, 0.3) is 6.08 Å². The average Bonchev–Trinajstić information content (AvgIpc) is 2.88. The molecule has 0 aliphatic carbocycles. The molecule has 3 N–H and O–H groups in total. The van der Waals surface area contributed by atoms with E-state index >= 15 is 0 Å². The molecule has 1 fully saturated rings. The molecule has 0 radical (unpaired) electrons. The molecule has 0 bridgehead atoms. The number of hydrogen-bond acceptors (Lipinski definition) is 8. The highest BCUT2D eigenvalue weighted by atomic mass is 16.5. The van der Waals surface area contributed by atoms with Crippen molar-refractivity contribution in [1.82, 2.24) is 26.1 Å². The van der Waals surface area contributed by atoms with Gasteiger partial charge in [-0.25, -0.2) is 10.2 Å². The fraction of sp³-hybridized carbons (Fsp3) is 0.556. The summed E-state index contributed by atoms with van der Waals surface area (Å²) in [5.74, 6) is -2.13. The number of hydrazine groups is 1. The molecule has 1 aromatic rings. The van der Waals surface area contributed by atoms with E-state index in [1.165, 1.54) is 17.2 Å². The number of rotatable bonds is 13. The summed E-state index contributed by atoms with van der Waals surface area (Å²) in [6.45, 7) is 7.61. The minimum atomic E-state index is -0.899. The standard InChI is InChI=1S/C27H39N5O6/c1-18(2)16-23(34)29-15-12-24(35)32-21(9-7-14-30-32)27(37)31-26(19(3)4)22(33)17-38-25(36)11-10-20-8-5-6-13-28-20/h5-6,8,10-11,13,18-19,21,26,30H,7,9,12,14-17H2,1-4H3,(H,29,34)(H,31,37)/t21-,26-/m0/s1. The van der Waals surface area contributed by atoms with Gasteiger partial charge in [0, 0.05) is 38.2 Å². The second kappa shape index (κ2) is 15.6. The summed E-state index contributed by atoms with van der Waals surface area (Å²) in [4.78, 5) is 66.7. The van der Waals surface area contributed by atoms with Gasteiger partial charge in [0.05, 0.1) is 11.7 Å². The fourth-order valence-corrected chi connectivity index (χ4v) is 3.89. The third-order valence-corrected chi connectivity index (χ3v) is 5.82. The summed E-state index contributed by atoms with van der Waals surface area (Å²) in [7, 11) is 0. The van der Waals surface area contributed by atoms with Gasteiger partial charge < -0.3 is 15.4 Å². The van der Waals surface area contributed by atoms with E-state index in [0.29, 0.717) is 31.5 Å². The average molecular weight is 530 g/mol. The Morgan fingerprint density at radius 3 is 2.61 bits per heavy atom. The molecular weight excluding hydrogens is 490 g/mol. The van der Waals surface area contributed by atoms with Crippen LogP contribution in [-0.2, 0) is 28.7 Å². The van der Waals surface area contributed by atoms with Gasteiger partial charge in [-0.2, -0.15) is 0 Å². The van der Waals surface area contributed by atoms with Gasteiger partial charge in [0.1, 0.15) is 6.04 Å². The second-order valence-electron chi connectivity index (χ2n) is 9.92. The van der Waals surface area contributed by atoms with Gasteiger partial charge >= 0.3 is 5.97 Å². The third-order valence-electron chi connectivity index (χ3n) is 5.82. The highest BCUT2D eigenvalue weighted by Gasteiger charge is 2.35. The van der Waals surface area contributed by atoms with Crippen molar-refractivity contribution in [3.63, 3.8) is 0 Å². The normalized spacial score (nSPS) is 16.4. The molecular formula is C27H39N5O6. The van der Waals surface area contributed by atoms with Crippen molar-refractivity contribution in [3.8, 4) is 0 Å². The number of pyridine rings is 1. The van der Waals surface area contributed by atoms with Gasteiger partial charge in [0.2, 0.25) is 17.7 Å². The number of Topliss-reactive ketones (excluding diaryl/α,β-unsaturated/α-hetero) is 1. The fourth-order valence-electron chi connectivity index (χ4n) is 3.89. The largest absolute Gasteiger partial charge is 0.454 e. The Kier molecular flexibility index (Phi) is 12.6. The van der Waals surface area contributed by atoms with E-state index in [9.17, 15) is 24.0 Å². The van der Waals surface area contributed by atoms with Crippen LogP contribution in [0.5, 0.6) is 0 Å². The van der Waals surface area contributed by atoms with E-state index in [0.717, 1.165) is 0 Å². The number of aromatic nitrogens is 1. The zero-order valence-corrected chi connectivity index (χ0v) is 22.6. The van der Waals surface area contributed by atoms with E-state index < -0.39 is 36.4 Å². The third kappa shape index (κ3) is 10.4. The number of carbonyl (C=O) groups excluding carboxylic acids is 5. The molecule has 11 heteroatoms. The maximum absolute atomic E-state index is 13.1. The summed E-state index contributed by atoms with van der Waals surface area (Å²) >= 11 is 0. The molecule has 1 aromatic heterocycles. The van der Waals surface area contributed by atoms with Crippen LogP contribution in [0.15, 0.2) is 30.5 Å². The molecule has 0 spiro atoms. The summed E-state index contributed by atoms with van der Waals surface area (Å²) in [6.07, 6.45) is 5.76. The van der Waals surface area contributed by atoms with Gasteiger partial charge in [-0.3, -0.25) is 29.2 Å². The minimum Gasteiger partial charge on any atom is -0.454 e. The maximum atomic E-state index is 13.1. The van der Waals surface area contributed by atoms with Gasteiger partial charge in [-0.15, -0.1) is 0 Å². The summed E-state index contributed by atoms with van der Waals surface area (Å²) in [5.41, 5.74) is 3.53. The number of hydrogen-bond donors (Lipinski definition) is 3. The van der Waals surface area contributed by atoms with Crippen molar-refractivity contribution < 1.29 is 28.7 Å². The Bertz CT molecular complexity index is 995. The molecule has 3 amide bonds. The summed E-state index contributed by atoms with van der Waals surface area (Å²) < 4.78 is 5.06. The lowest BCUT2D eigenvalue weighted by atomic mass is 9.98. The first kappa shape index (κ1) is 30.6. The monoisotopic (exact) mass is 529 g/mol. The molecule has 0 unspecified atom stereocenters. The van der Waals surface area contributed by atoms with Crippen molar-refractivity contribution >= 4 is 35.6 Å². The SMILES string of the molecule is CC(C)CC(=O)NCCC(=O)N1NCCC[C@H]1C(=O)N[C@H](C(=O)COC(=O)C=Cc1ccccn1)C(C)C. The topological polar surface area (TPSA) is 147 Å². The zero-order valence-electron chi connectivity index (χ0n) is 22.6. The number of amides is 3. The van der Waals surface area contributed by atoms with Crippen molar-refractivity contribution in [1.29, 1.82) is 0 Å². The van der Waals surface area contributed by atoms with E-state index in [1.54, 1.807) is 38.2 Å². The molecule has 1 saturated heterocycles. The summed E-state index contributed by atoms with van der Waals surface area (Å²) in [5, 5.41) is 6.75. The Labute approximate surface area is 223 Å². The molecule has 208 valence electrons.